The molecule has 0 radical (unpaired) electrons. The van der Waals surface area contributed by atoms with Crippen molar-refractivity contribution in [3.63, 3.8) is 0 Å². The van der Waals surface area contributed by atoms with Gasteiger partial charge in [0.1, 0.15) is 5.76 Å². The minimum atomic E-state index is 0.421. The van der Waals surface area contributed by atoms with Gasteiger partial charge in [-0.05, 0) is 64.3 Å². The Bertz CT molecular complexity index is 342. The lowest BCUT2D eigenvalue weighted by Gasteiger charge is -2.37. The fourth-order valence-electron chi connectivity index (χ4n) is 3.14. The maximum Gasteiger partial charge on any atom is 0.120 e. The summed E-state index contributed by atoms with van der Waals surface area (Å²) in [7, 11) is 0. The van der Waals surface area contributed by atoms with Gasteiger partial charge in [-0.3, -0.25) is 4.90 Å². The van der Waals surface area contributed by atoms with E-state index in [4.69, 9.17) is 4.42 Å². The molecule has 3 nitrogen and oxygen atoms in total. The van der Waals surface area contributed by atoms with E-state index in [1.807, 2.05) is 6.07 Å². The molecule has 0 bridgehead atoms. The zero-order valence-electron chi connectivity index (χ0n) is 12.6. The van der Waals surface area contributed by atoms with E-state index < -0.39 is 0 Å². The molecule has 0 spiro atoms. The van der Waals surface area contributed by atoms with Crippen molar-refractivity contribution in [2.75, 3.05) is 19.6 Å². The summed E-state index contributed by atoms with van der Waals surface area (Å²) in [6, 6.07) is 5.10. The van der Waals surface area contributed by atoms with Crippen LogP contribution < -0.4 is 5.32 Å². The summed E-state index contributed by atoms with van der Waals surface area (Å²) in [5.74, 6) is 1.94. The summed E-state index contributed by atoms with van der Waals surface area (Å²) in [6.07, 6.45) is 5.51. The molecule has 1 aliphatic rings. The van der Waals surface area contributed by atoms with Gasteiger partial charge in [0.05, 0.1) is 12.3 Å². The molecule has 2 heterocycles. The Morgan fingerprint density at radius 2 is 2.11 bits per heavy atom. The van der Waals surface area contributed by atoms with Gasteiger partial charge in [-0.2, -0.15) is 0 Å². The molecule has 1 N–H and O–H groups in total. The van der Waals surface area contributed by atoms with Crippen LogP contribution >= 0.6 is 0 Å². The van der Waals surface area contributed by atoms with E-state index in [-0.39, 0.29) is 0 Å². The van der Waals surface area contributed by atoms with Crippen LogP contribution in [0.15, 0.2) is 22.8 Å². The van der Waals surface area contributed by atoms with Gasteiger partial charge in [0.15, 0.2) is 0 Å². The van der Waals surface area contributed by atoms with Crippen LogP contribution in [-0.4, -0.2) is 30.6 Å². The molecular formula is C16H28N2O. The number of hydrogen-bond donors (Lipinski definition) is 1. The van der Waals surface area contributed by atoms with Gasteiger partial charge in [0.2, 0.25) is 0 Å². The lowest BCUT2D eigenvalue weighted by molar-refractivity contribution is 0.0994. The van der Waals surface area contributed by atoms with Crippen LogP contribution in [0, 0.1) is 5.92 Å². The van der Waals surface area contributed by atoms with Crippen molar-refractivity contribution in [3.05, 3.63) is 24.2 Å². The monoisotopic (exact) mass is 264 g/mol. The number of piperidine rings is 1. The third kappa shape index (κ3) is 3.83. The molecule has 1 aromatic rings. The van der Waals surface area contributed by atoms with Gasteiger partial charge >= 0.3 is 0 Å². The quantitative estimate of drug-likeness (QED) is 0.853. The molecule has 0 aliphatic carbocycles. The Morgan fingerprint density at radius 1 is 1.37 bits per heavy atom. The minimum absolute atomic E-state index is 0.421. The third-order valence-electron chi connectivity index (χ3n) is 4.25. The van der Waals surface area contributed by atoms with Crippen LogP contribution in [0.2, 0.25) is 0 Å². The molecule has 1 aliphatic heterocycles. The maximum absolute atomic E-state index is 5.65. The summed E-state index contributed by atoms with van der Waals surface area (Å²) in [5.41, 5.74) is 0. The van der Waals surface area contributed by atoms with Crippen molar-refractivity contribution >= 4 is 0 Å². The maximum atomic E-state index is 5.65. The Morgan fingerprint density at radius 3 is 2.63 bits per heavy atom. The molecule has 3 heteroatoms. The molecular weight excluding hydrogens is 236 g/mol. The summed E-state index contributed by atoms with van der Waals surface area (Å²) < 4.78 is 5.65. The number of hydrogen-bond acceptors (Lipinski definition) is 3. The molecule has 19 heavy (non-hydrogen) atoms. The van der Waals surface area contributed by atoms with E-state index in [9.17, 15) is 0 Å². The number of nitrogens with zero attached hydrogens (tertiary/aromatic N) is 1. The summed E-state index contributed by atoms with van der Waals surface area (Å²) in [6.45, 7) is 10.4. The average molecular weight is 264 g/mol. The number of nitrogens with one attached hydrogen (secondary N) is 1. The van der Waals surface area contributed by atoms with Gasteiger partial charge in [0.25, 0.3) is 0 Å². The van der Waals surface area contributed by atoms with Gasteiger partial charge in [-0.1, -0.05) is 6.92 Å². The molecule has 1 fully saturated rings. The topological polar surface area (TPSA) is 28.4 Å². The van der Waals surface area contributed by atoms with Gasteiger partial charge < -0.3 is 9.73 Å². The van der Waals surface area contributed by atoms with E-state index in [2.05, 4.69) is 37.1 Å². The van der Waals surface area contributed by atoms with Crippen LogP contribution in [0.5, 0.6) is 0 Å². The Labute approximate surface area is 117 Å². The Balaban J connectivity index is 2.05. The normalized spacial score (nSPS) is 19.2. The standard InChI is InChI=1S/C16H28N2O/c1-4-15(16-6-5-11-19-16)18(13(2)3)12-14-7-9-17-10-8-14/h5-6,11,13-15,17H,4,7-10,12H2,1-3H3. The molecule has 0 amide bonds. The van der Waals surface area contributed by atoms with Gasteiger partial charge in [-0.15, -0.1) is 0 Å². The molecule has 108 valence electrons. The van der Waals surface area contributed by atoms with Crippen LogP contribution in [0.25, 0.3) is 0 Å². The number of rotatable bonds is 6. The van der Waals surface area contributed by atoms with Gasteiger partial charge in [0, 0.05) is 12.6 Å². The molecule has 1 atom stereocenters. The van der Waals surface area contributed by atoms with E-state index in [0.29, 0.717) is 12.1 Å². The first-order valence-electron chi connectivity index (χ1n) is 7.72. The first-order chi connectivity index (χ1) is 9.22. The third-order valence-corrected chi connectivity index (χ3v) is 4.25. The average Bonchev–Trinajstić information content (AvgIpc) is 2.93. The second-order valence-electron chi connectivity index (χ2n) is 5.92. The van der Waals surface area contributed by atoms with Crippen LogP contribution in [0.1, 0.15) is 51.8 Å². The first-order valence-corrected chi connectivity index (χ1v) is 7.72. The Hall–Kier alpha value is -0.800. The second-order valence-corrected chi connectivity index (χ2v) is 5.92. The SMILES string of the molecule is CCC(c1ccco1)N(CC1CCNCC1)C(C)C. The molecule has 1 aromatic heterocycles. The van der Waals surface area contributed by atoms with Crippen molar-refractivity contribution in [3.8, 4) is 0 Å². The van der Waals surface area contributed by atoms with Crippen molar-refractivity contribution < 1.29 is 4.42 Å². The summed E-state index contributed by atoms with van der Waals surface area (Å²) in [5, 5.41) is 3.45. The lowest BCUT2D eigenvalue weighted by atomic mass is 9.95. The second kappa shape index (κ2) is 7.11. The zero-order chi connectivity index (χ0) is 13.7. The van der Waals surface area contributed by atoms with E-state index in [1.54, 1.807) is 6.26 Å². The van der Waals surface area contributed by atoms with Crippen LogP contribution in [0.4, 0.5) is 0 Å². The highest BCUT2D eigenvalue weighted by molar-refractivity contribution is 5.05. The van der Waals surface area contributed by atoms with Crippen molar-refractivity contribution in [2.24, 2.45) is 5.92 Å². The highest BCUT2D eigenvalue weighted by Crippen LogP contribution is 2.29. The largest absolute Gasteiger partial charge is 0.468 e. The van der Waals surface area contributed by atoms with Crippen molar-refractivity contribution in [1.29, 1.82) is 0 Å². The molecule has 1 saturated heterocycles. The van der Waals surface area contributed by atoms with Gasteiger partial charge in [-0.25, -0.2) is 0 Å². The number of furan rings is 1. The fourth-order valence-corrected chi connectivity index (χ4v) is 3.14. The molecule has 2 rings (SSSR count). The van der Waals surface area contributed by atoms with Crippen LogP contribution in [-0.2, 0) is 0 Å². The van der Waals surface area contributed by atoms with Crippen molar-refractivity contribution in [2.45, 2.75) is 52.1 Å². The highest BCUT2D eigenvalue weighted by atomic mass is 16.3. The fraction of sp³-hybridized carbons (Fsp3) is 0.750. The predicted octanol–water partition coefficient (Wildman–Crippen LogP) is 3.44. The predicted molar refractivity (Wildman–Crippen MR) is 79.2 cm³/mol. The summed E-state index contributed by atoms with van der Waals surface area (Å²) >= 11 is 0. The summed E-state index contributed by atoms with van der Waals surface area (Å²) in [4.78, 5) is 2.62. The van der Waals surface area contributed by atoms with Crippen molar-refractivity contribution in [1.82, 2.24) is 10.2 Å². The molecule has 0 saturated carbocycles. The Kier molecular flexibility index (Phi) is 5.46. The minimum Gasteiger partial charge on any atom is -0.468 e. The zero-order valence-corrected chi connectivity index (χ0v) is 12.6. The lowest BCUT2D eigenvalue weighted by Crippen LogP contribution is -2.41. The molecule has 0 aromatic carbocycles. The van der Waals surface area contributed by atoms with E-state index in [0.717, 1.165) is 18.1 Å². The van der Waals surface area contributed by atoms with E-state index >= 15 is 0 Å². The van der Waals surface area contributed by atoms with E-state index in [1.165, 1.54) is 32.5 Å². The van der Waals surface area contributed by atoms with Crippen LogP contribution in [0.3, 0.4) is 0 Å². The smallest absolute Gasteiger partial charge is 0.120 e. The highest BCUT2D eigenvalue weighted by Gasteiger charge is 2.26. The first kappa shape index (κ1) is 14.6. The molecule has 1 unspecified atom stereocenters.